The van der Waals surface area contributed by atoms with Crippen LogP contribution in [0.4, 0.5) is 0 Å². The van der Waals surface area contributed by atoms with Gasteiger partial charge in [0.15, 0.2) is 0 Å². The third-order valence-corrected chi connectivity index (χ3v) is 6.98. The Hall–Kier alpha value is -1.86. The number of benzene rings is 2. The third kappa shape index (κ3) is 2.56. The molecule has 0 bridgehead atoms. The van der Waals surface area contributed by atoms with Gasteiger partial charge in [-0.05, 0) is 47.5 Å². The lowest BCUT2D eigenvalue weighted by molar-refractivity contribution is 0.101. The quantitative estimate of drug-likeness (QED) is 0.506. The fourth-order valence-electron chi connectivity index (χ4n) is 2.80. The van der Waals surface area contributed by atoms with Gasteiger partial charge < -0.3 is 0 Å². The first-order chi connectivity index (χ1) is 12.4. The molecule has 2 aromatic rings. The zero-order chi connectivity index (χ0) is 18.6. The van der Waals surface area contributed by atoms with Gasteiger partial charge in [0.1, 0.15) is 0 Å². The molecule has 0 aliphatic carbocycles. The number of hydrogen-bond acceptors (Lipinski definition) is 6. The molecule has 0 radical (unpaired) electrons. The average Bonchev–Trinajstić information content (AvgIpc) is 3.12. The molecule has 4 rings (SSSR count). The first-order valence-corrected chi connectivity index (χ1v) is 9.64. The summed E-state index contributed by atoms with van der Waals surface area (Å²) in [4.78, 5) is 50.1. The second kappa shape index (κ2) is 6.39. The van der Waals surface area contributed by atoms with Crippen molar-refractivity contribution in [1.82, 2.24) is 0 Å². The number of halogens is 2. The maximum atomic E-state index is 12.8. The van der Waals surface area contributed by atoms with E-state index in [2.05, 4.69) is 0 Å². The second-order valence-electron chi connectivity index (χ2n) is 5.43. The first-order valence-electron chi connectivity index (χ1n) is 7.25. The summed E-state index contributed by atoms with van der Waals surface area (Å²) < 4.78 is 0. The van der Waals surface area contributed by atoms with Crippen LogP contribution < -0.4 is 0 Å². The summed E-state index contributed by atoms with van der Waals surface area (Å²) in [6.45, 7) is 0. The molecule has 0 aromatic heterocycles. The van der Waals surface area contributed by atoms with E-state index >= 15 is 0 Å². The van der Waals surface area contributed by atoms with Crippen LogP contribution in [0.1, 0.15) is 41.4 Å². The number of Topliss-reactive ketones (excluding diaryl/α,β-unsaturated/α-hetero) is 2. The summed E-state index contributed by atoms with van der Waals surface area (Å²) in [6, 6.07) is 9.39. The number of fused-ring (bicyclic) bond motifs is 2. The number of carbonyl (C=O) groups is 4. The number of rotatable bonds is 2. The topological polar surface area (TPSA) is 68.3 Å². The highest BCUT2D eigenvalue weighted by molar-refractivity contribution is 8.08. The third-order valence-electron chi connectivity index (χ3n) is 3.97. The average molecular weight is 421 g/mol. The summed E-state index contributed by atoms with van der Waals surface area (Å²) in [7, 11) is 0. The van der Waals surface area contributed by atoms with Gasteiger partial charge in [0, 0.05) is 32.0 Å². The van der Waals surface area contributed by atoms with Crippen molar-refractivity contribution in [1.29, 1.82) is 0 Å². The summed E-state index contributed by atoms with van der Waals surface area (Å²) in [5.41, 5.74) is 1.12. The van der Waals surface area contributed by atoms with Crippen LogP contribution in [0.2, 0.25) is 0 Å². The fraction of sp³-hybridized carbons (Fsp3) is 0. The van der Waals surface area contributed by atoms with Gasteiger partial charge in [-0.15, -0.1) is 0 Å². The molecule has 0 atom stereocenters. The molecule has 0 spiro atoms. The van der Waals surface area contributed by atoms with Gasteiger partial charge in [-0.2, -0.15) is 0 Å². The largest absolute Gasteiger partial charge is 0.288 e. The van der Waals surface area contributed by atoms with Crippen LogP contribution in [0.5, 0.6) is 0 Å². The molecule has 26 heavy (non-hydrogen) atoms. The molecule has 2 aromatic carbocycles. The molecule has 4 nitrogen and oxygen atoms in total. The zero-order valence-corrected chi connectivity index (χ0v) is 15.8. The van der Waals surface area contributed by atoms with Crippen LogP contribution in [0.25, 0.3) is 0 Å². The van der Waals surface area contributed by atoms with Crippen molar-refractivity contribution in [3.05, 3.63) is 68.5 Å². The lowest BCUT2D eigenvalue weighted by Crippen LogP contribution is -2.02. The zero-order valence-electron chi connectivity index (χ0n) is 12.7. The molecule has 0 amide bonds. The maximum Gasteiger partial charge on any atom is 0.253 e. The molecule has 0 N–H and O–H groups in total. The van der Waals surface area contributed by atoms with Crippen molar-refractivity contribution >= 4 is 68.8 Å². The van der Waals surface area contributed by atoms with Crippen molar-refractivity contribution in [2.24, 2.45) is 0 Å². The summed E-state index contributed by atoms with van der Waals surface area (Å²) in [5, 5.41) is -1.34. The minimum absolute atomic E-state index is 0.225. The SMILES string of the molecule is O=C(Cl)c1cccc2c1S/C(=C1\Sc3c(C(=O)Cl)cccc3C1=O)C2=O. The van der Waals surface area contributed by atoms with Gasteiger partial charge in [-0.1, -0.05) is 35.7 Å². The van der Waals surface area contributed by atoms with E-state index in [1.165, 1.54) is 12.1 Å². The highest BCUT2D eigenvalue weighted by atomic mass is 35.5. The highest BCUT2D eigenvalue weighted by Gasteiger charge is 2.38. The minimum atomic E-state index is -0.669. The predicted molar refractivity (Wildman–Crippen MR) is 101 cm³/mol. The number of allylic oxidation sites excluding steroid dienone is 2. The van der Waals surface area contributed by atoms with Crippen LogP contribution >= 0.6 is 46.7 Å². The normalized spacial score (nSPS) is 18.1. The molecule has 0 saturated carbocycles. The lowest BCUT2D eigenvalue weighted by atomic mass is 10.0. The molecule has 0 fully saturated rings. The summed E-state index contributed by atoms with van der Waals surface area (Å²) >= 11 is 13.3. The van der Waals surface area contributed by atoms with Gasteiger partial charge in [-0.3, -0.25) is 19.2 Å². The van der Waals surface area contributed by atoms with E-state index in [9.17, 15) is 19.2 Å². The van der Waals surface area contributed by atoms with Crippen LogP contribution in [0, 0.1) is 0 Å². The molecule has 8 heteroatoms. The Morgan fingerprint density at radius 3 is 1.42 bits per heavy atom. The molecule has 0 unspecified atom stereocenters. The summed E-state index contributed by atoms with van der Waals surface area (Å²) in [6.07, 6.45) is 0. The Labute approximate surface area is 165 Å². The van der Waals surface area contributed by atoms with E-state index in [0.29, 0.717) is 20.9 Å². The van der Waals surface area contributed by atoms with E-state index in [-0.39, 0.29) is 32.5 Å². The Balaban J connectivity index is 1.85. The van der Waals surface area contributed by atoms with Gasteiger partial charge in [0.2, 0.25) is 11.6 Å². The predicted octanol–water partition coefficient (Wildman–Crippen LogP) is 4.93. The van der Waals surface area contributed by atoms with Crippen molar-refractivity contribution in [3.8, 4) is 0 Å². The molecule has 2 aliphatic rings. The van der Waals surface area contributed by atoms with Crippen molar-refractivity contribution in [2.75, 3.05) is 0 Å². The number of hydrogen-bond donors (Lipinski definition) is 0. The monoisotopic (exact) mass is 420 g/mol. The lowest BCUT2D eigenvalue weighted by Gasteiger charge is -2.01. The van der Waals surface area contributed by atoms with Gasteiger partial charge in [0.05, 0.1) is 9.81 Å². The van der Waals surface area contributed by atoms with E-state index in [4.69, 9.17) is 23.2 Å². The molecular formula is C18H6Cl2O4S2. The van der Waals surface area contributed by atoms with Gasteiger partial charge in [-0.25, -0.2) is 0 Å². The number of carbonyl (C=O) groups excluding carboxylic acids is 4. The van der Waals surface area contributed by atoms with Gasteiger partial charge in [0.25, 0.3) is 10.5 Å². The van der Waals surface area contributed by atoms with Gasteiger partial charge >= 0.3 is 0 Å². The first kappa shape index (κ1) is 17.5. The minimum Gasteiger partial charge on any atom is -0.288 e. The van der Waals surface area contributed by atoms with E-state index in [1.54, 1.807) is 24.3 Å². The summed E-state index contributed by atoms with van der Waals surface area (Å²) in [5.74, 6) is -0.681. The maximum absolute atomic E-state index is 12.8. The van der Waals surface area contributed by atoms with Crippen LogP contribution in [-0.4, -0.2) is 22.1 Å². The molecule has 2 heterocycles. The molecule has 128 valence electrons. The Kier molecular flexibility index (Phi) is 4.31. The molecule has 0 saturated heterocycles. The molecule has 2 aliphatic heterocycles. The van der Waals surface area contributed by atoms with Crippen molar-refractivity contribution < 1.29 is 19.2 Å². The van der Waals surface area contributed by atoms with E-state index in [0.717, 1.165) is 23.5 Å². The number of ketones is 2. The van der Waals surface area contributed by atoms with Crippen molar-refractivity contribution in [3.63, 3.8) is 0 Å². The second-order valence-corrected chi connectivity index (χ2v) is 8.16. The Morgan fingerprint density at radius 2 is 1.08 bits per heavy atom. The smallest absolute Gasteiger partial charge is 0.253 e. The highest BCUT2D eigenvalue weighted by Crippen LogP contribution is 2.51. The van der Waals surface area contributed by atoms with Crippen LogP contribution in [0.15, 0.2) is 56.0 Å². The van der Waals surface area contributed by atoms with E-state index in [1.807, 2.05) is 0 Å². The van der Waals surface area contributed by atoms with E-state index < -0.39 is 10.5 Å². The van der Waals surface area contributed by atoms with Crippen LogP contribution in [0.3, 0.4) is 0 Å². The standard InChI is InChI=1S/C18H6Cl2O4S2/c19-17(23)9-5-1-3-7-11(21)15(25-13(7)9)16-12(22)8-4-2-6-10(18(20)24)14(8)26-16/h1-6H/b16-15-. The Morgan fingerprint density at radius 1 is 0.692 bits per heavy atom. The fourth-order valence-corrected chi connectivity index (χ4v) is 5.75. The van der Waals surface area contributed by atoms with Crippen LogP contribution in [-0.2, 0) is 0 Å². The number of thioether (sulfide) groups is 2. The van der Waals surface area contributed by atoms with Crippen molar-refractivity contribution in [2.45, 2.75) is 9.79 Å². The molecular weight excluding hydrogens is 415 g/mol. The Bertz CT molecular complexity index is 1000.